The summed E-state index contributed by atoms with van der Waals surface area (Å²) in [5.74, 6) is -0.132. The average Bonchev–Trinajstić information content (AvgIpc) is 3.02. The molecule has 1 fully saturated rings. The molecule has 2 aromatic heterocycles. The highest BCUT2D eigenvalue weighted by atomic mass is 127. The fourth-order valence-electron chi connectivity index (χ4n) is 2.39. The van der Waals surface area contributed by atoms with Crippen LogP contribution in [-0.4, -0.2) is 40.3 Å². The highest BCUT2D eigenvalue weighted by molar-refractivity contribution is 14.1. The molecule has 0 aliphatic carbocycles. The van der Waals surface area contributed by atoms with E-state index in [4.69, 9.17) is 4.74 Å². The summed E-state index contributed by atoms with van der Waals surface area (Å²) in [4.78, 5) is 19.2. The second-order valence-corrected chi connectivity index (χ2v) is 6.74. The van der Waals surface area contributed by atoms with Crippen molar-refractivity contribution in [3.8, 4) is 0 Å². The van der Waals surface area contributed by atoms with Crippen LogP contribution in [-0.2, 0) is 9.53 Å². The third kappa shape index (κ3) is 2.62. The van der Waals surface area contributed by atoms with E-state index < -0.39 is 0 Å². The zero-order valence-electron chi connectivity index (χ0n) is 11.1. The Morgan fingerprint density at radius 1 is 1.65 bits per heavy atom. The van der Waals surface area contributed by atoms with Crippen LogP contribution in [0.5, 0.6) is 0 Å². The summed E-state index contributed by atoms with van der Waals surface area (Å²) in [7, 11) is 0. The van der Waals surface area contributed by atoms with Crippen LogP contribution in [0.15, 0.2) is 6.20 Å². The summed E-state index contributed by atoms with van der Waals surface area (Å²) in [6.07, 6.45) is 3.69. The van der Waals surface area contributed by atoms with Crippen molar-refractivity contribution in [3.05, 3.63) is 9.90 Å². The van der Waals surface area contributed by atoms with Gasteiger partial charge in [-0.1, -0.05) is 11.3 Å². The Balaban J connectivity index is 1.77. The molecule has 3 heterocycles. The van der Waals surface area contributed by atoms with Crippen molar-refractivity contribution in [2.75, 3.05) is 24.6 Å². The number of aromatic nitrogens is 3. The maximum absolute atomic E-state index is 11.9. The fraction of sp³-hybridized carbons (Fsp3) is 0.583. The van der Waals surface area contributed by atoms with Gasteiger partial charge in [-0.25, -0.2) is 4.98 Å². The first-order chi connectivity index (χ1) is 9.69. The highest BCUT2D eigenvalue weighted by Crippen LogP contribution is 2.28. The van der Waals surface area contributed by atoms with Gasteiger partial charge in [-0.15, -0.1) is 5.10 Å². The van der Waals surface area contributed by atoms with Crippen LogP contribution >= 0.6 is 33.9 Å². The van der Waals surface area contributed by atoms with Crippen LogP contribution in [0.1, 0.15) is 19.8 Å². The topological polar surface area (TPSA) is 59.7 Å². The Morgan fingerprint density at radius 3 is 3.25 bits per heavy atom. The smallest absolute Gasteiger partial charge is 0.310 e. The monoisotopic (exact) mass is 406 g/mol. The van der Waals surface area contributed by atoms with Crippen LogP contribution in [0, 0.1) is 9.62 Å². The molecule has 108 valence electrons. The normalized spacial score (nSPS) is 19.5. The Morgan fingerprint density at radius 2 is 2.50 bits per heavy atom. The van der Waals surface area contributed by atoms with Crippen molar-refractivity contribution in [1.29, 1.82) is 0 Å². The maximum atomic E-state index is 11.9. The molecule has 1 atom stereocenters. The van der Waals surface area contributed by atoms with Crippen molar-refractivity contribution in [3.63, 3.8) is 0 Å². The molecule has 1 unspecified atom stereocenters. The SMILES string of the molecule is CCOC(=O)C1CCCN(c2nn3c(I)cnc3s2)C1. The van der Waals surface area contributed by atoms with Gasteiger partial charge >= 0.3 is 5.97 Å². The second kappa shape index (κ2) is 5.84. The van der Waals surface area contributed by atoms with Gasteiger partial charge in [-0.2, -0.15) is 4.52 Å². The van der Waals surface area contributed by atoms with Gasteiger partial charge in [0.1, 0.15) is 3.70 Å². The number of imidazole rings is 1. The molecule has 6 nitrogen and oxygen atoms in total. The third-order valence-electron chi connectivity index (χ3n) is 3.35. The molecular formula is C12H15IN4O2S. The molecule has 0 radical (unpaired) electrons. The molecule has 0 N–H and O–H groups in total. The predicted molar refractivity (Wildman–Crippen MR) is 85.2 cm³/mol. The third-order valence-corrected chi connectivity index (χ3v) is 5.06. The summed E-state index contributed by atoms with van der Waals surface area (Å²) < 4.78 is 7.97. The number of rotatable bonds is 3. The summed E-state index contributed by atoms with van der Waals surface area (Å²) >= 11 is 3.78. The van der Waals surface area contributed by atoms with Crippen LogP contribution in [0.25, 0.3) is 4.96 Å². The Bertz CT molecular complexity index is 626. The number of nitrogens with zero attached hydrogens (tertiary/aromatic N) is 4. The first-order valence-electron chi connectivity index (χ1n) is 6.60. The van der Waals surface area contributed by atoms with Gasteiger partial charge in [0, 0.05) is 13.1 Å². The summed E-state index contributed by atoms with van der Waals surface area (Å²) in [5.41, 5.74) is 0. The van der Waals surface area contributed by atoms with E-state index in [1.54, 1.807) is 17.5 Å². The molecule has 20 heavy (non-hydrogen) atoms. The van der Waals surface area contributed by atoms with Gasteiger partial charge in [0.25, 0.3) is 0 Å². The number of hydrogen-bond acceptors (Lipinski definition) is 6. The number of carbonyl (C=O) groups excluding carboxylic acids is 1. The quantitative estimate of drug-likeness (QED) is 0.578. The van der Waals surface area contributed by atoms with E-state index >= 15 is 0 Å². The van der Waals surface area contributed by atoms with E-state index in [1.807, 2.05) is 11.4 Å². The number of piperidine rings is 1. The van der Waals surface area contributed by atoms with Crippen LogP contribution in [0.4, 0.5) is 5.13 Å². The molecule has 8 heteroatoms. The number of fused-ring (bicyclic) bond motifs is 1. The van der Waals surface area contributed by atoms with Gasteiger partial charge < -0.3 is 9.64 Å². The van der Waals surface area contributed by atoms with Crippen molar-refractivity contribution in [1.82, 2.24) is 14.6 Å². The second-order valence-electron chi connectivity index (χ2n) is 4.70. The minimum Gasteiger partial charge on any atom is -0.466 e. The molecule has 2 aromatic rings. The van der Waals surface area contributed by atoms with Gasteiger partial charge in [0.05, 0.1) is 18.7 Å². The molecule has 3 rings (SSSR count). The van der Waals surface area contributed by atoms with Crippen LogP contribution < -0.4 is 4.90 Å². The lowest BCUT2D eigenvalue weighted by Gasteiger charge is -2.30. The lowest BCUT2D eigenvalue weighted by atomic mass is 9.99. The number of esters is 1. The number of anilines is 1. The minimum atomic E-state index is -0.0897. The van der Waals surface area contributed by atoms with E-state index in [0.717, 1.165) is 33.2 Å². The van der Waals surface area contributed by atoms with Crippen molar-refractivity contribution >= 4 is 50.0 Å². The minimum absolute atomic E-state index is 0.0426. The predicted octanol–water partition coefficient (Wildman–Crippen LogP) is 2.17. The zero-order valence-corrected chi connectivity index (χ0v) is 14.1. The molecular weight excluding hydrogens is 391 g/mol. The molecule has 0 saturated carbocycles. The summed E-state index contributed by atoms with van der Waals surface area (Å²) in [6, 6.07) is 0. The van der Waals surface area contributed by atoms with E-state index in [1.165, 1.54) is 0 Å². The molecule has 1 aliphatic rings. The highest BCUT2D eigenvalue weighted by Gasteiger charge is 2.28. The summed E-state index contributed by atoms with van der Waals surface area (Å²) in [6.45, 7) is 3.91. The van der Waals surface area contributed by atoms with Crippen molar-refractivity contribution in [2.45, 2.75) is 19.8 Å². The van der Waals surface area contributed by atoms with E-state index in [2.05, 4.69) is 37.6 Å². The van der Waals surface area contributed by atoms with Gasteiger partial charge in [0.2, 0.25) is 10.1 Å². The van der Waals surface area contributed by atoms with Gasteiger partial charge in [0.15, 0.2) is 0 Å². The Labute approximate surface area is 134 Å². The first kappa shape index (κ1) is 14.1. The summed E-state index contributed by atoms with van der Waals surface area (Å²) in [5, 5.41) is 5.51. The molecule has 1 saturated heterocycles. The van der Waals surface area contributed by atoms with Gasteiger partial charge in [-0.3, -0.25) is 4.79 Å². The number of halogens is 1. The Hall–Kier alpha value is -0.900. The van der Waals surface area contributed by atoms with Gasteiger partial charge in [-0.05, 0) is 42.4 Å². The van der Waals surface area contributed by atoms with E-state index in [-0.39, 0.29) is 11.9 Å². The van der Waals surface area contributed by atoms with Crippen molar-refractivity contribution < 1.29 is 9.53 Å². The van der Waals surface area contributed by atoms with Crippen molar-refractivity contribution in [2.24, 2.45) is 5.92 Å². The van der Waals surface area contributed by atoms with E-state index in [0.29, 0.717) is 13.2 Å². The lowest BCUT2D eigenvalue weighted by molar-refractivity contribution is -0.148. The maximum Gasteiger partial charge on any atom is 0.310 e. The molecule has 0 amide bonds. The average molecular weight is 406 g/mol. The fourth-order valence-corrected chi connectivity index (χ4v) is 3.94. The number of carbonyl (C=O) groups is 1. The molecule has 1 aliphatic heterocycles. The number of hydrogen-bond donors (Lipinski definition) is 0. The molecule has 0 spiro atoms. The largest absolute Gasteiger partial charge is 0.466 e. The lowest BCUT2D eigenvalue weighted by Crippen LogP contribution is -2.39. The standard InChI is InChI=1S/C12H15IN4O2S/c1-2-19-10(18)8-4-3-5-16(7-8)12-15-17-9(13)6-14-11(17)20-12/h6,8H,2-5,7H2,1H3. The molecule has 0 aromatic carbocycles. The Kier molecular flexibility index (Phi) is 4.11. The first-order valence-corrected chi connectivity index (χ1v) is 8.50. The molecule has 0 bridgehead atoms. The zero-order chi connectivity index (χ0) is 14.1. The van der Waals surface area contributed by atoms with Crippen LogP contribution in [0.2, 0.25) is 0 Å². The van der Waals surface area contributed by atoms with E-state index in [9.17, 15) is 4.79 Å². The number of ether oxygens (including phenoxy) is 1. The van der Waals surface area contributed by atoms with Crippen LogP contribution in [0.3, 0.4) is 0 Å².